The van der Waals surface area contributed by atoms with Gasteiger partial charge in [0.15, 0.2) is 0 Å². The number of fused-ring (bicyclic) bond motifs is 1. The zero-order valence-corrected chi connectivity index (χ0v) is 19.7. The fourth-order valence-electron chi connectivity index (χ4n) is 4.76. The van der Waals surface area contributed by atoms with E-state index < -0.39 is 33.8 Å². The Labute approximate surface area is 198 Å². The SMILES string of the molecule is O=S1(=O)NC[C@H](O)CN(Cc2cccc(Cl)c2)CC2(COc3ccccc31)C[C@@H](O)[C@@H](O)C2. The van der Waals surface area contributed by atoms with Crippen molar-refractivity contribution >= 4 is 21.6 Å². The zero-order chi connectivity index (χ0) is 23.6. The third-order valence-corrected chi connectivity index (χ3v) is 7.93. The Morgan fingerprint density at radius 2 is 1.82 bits per heavy atom. The van der Waals surface area contributed by atoms with Crippen LogP contribution in [-0.4, -0.2) is 73.2 Å². The number of sulfonamides is 1. The Morgan fingerprint density at radius 3 is 2.55 bits per heavy atom. The number of hydrogen-bond acceptors (Lipinski definition) is 7. The van der Waals surface area contributed by atoms with Gasteiger partial charge in [0.1, 0.15) is 10.6 Å². The van der Waals surface area contributed by atoms with Crippen molar-refractivity contribution in [2.45, 2.75) is 42.6 Å². The molecule has 0 saturated heterocycles. The smallest absolute Gasteiger partial charge is 0.244 e. The molecule has 2 aliphatic rings. The molecule has 0 amide bonds. The summed E-state index contributed by atoms with van der Waals surface area (Å²) in [6.07, 6.45) is -2.19. The van der Waals surface area contributed by atoms with Crippen molar-refractivity contribution in [3.8, 4) is 5.75 Å². The number of para-hydroxylation sites is 1. The average Bonchev–Trinajstić information content (AvgIpc) is 3.04. The highest BCUT2D eigenvalue weighted by Crippen LogP contribution is 2.41. The van der Waals surface area contributed by atoms with E-state index in [1.54, 1.807) is 24.3 Å². The number of aliphatic hydroxyl groups is 3. The van der Waals surface area contributed by atoms with Crippen molar-refractivity contribution < 1.29 is 28.5 Å². The third-order valence-electron chi connectivity index (χ3n) is 6.23. The minimum Gasteiger partial charge on any atom is -0.492 e. The maximum Gasteiger partial charge on any atom is 0.244 e. The Hall–Kier alpha value is -1.72. The summed E-state index contributed by atoms with van der Waals surface area (Å²) in [5.41, 5.74) is 0.295. The van der Waals surface area contributed by atoms with Crippen LogP contribution in [0.3, 0.4) is 0 Å². The molecular weight excluding hydrogens is 468 g/mol. The predicted octanol–water partition coefficient (Wildman–Crippen LogP) is 1.38. The molecule has 10 heteroatoms. The Morgan fingerprint density at radius 1 is 1.09 bits per heavy atom. The molecule has 4 atom stereocenters. The summed E-state index contributed by atoms with van der Waals surface area (Å²) < 4.78 is 34.2. The van der Waals surface area contributed by atoms with Crippen molar-refractivity contribution in [2.75, 3.05) is 26.2 Å². The number of rotatable bonds is 2. The number of β-amino-alcohol motifs (C(OH)–C–C–N with tert-alkyl or cyclic N) is 1. The molecule has 8 nitrogen and oxygen atoms in total. The molecule has 1 unspecified atom stereocenters. The van der Waals surface area contributed by atoms with Crippen LogP contribution in [0.1, 0.15) is 18.4 Å². The van der Waals surface area contributed by atoms with Gasteiger partial charge in [0, 0.05) is 36.6 Å². The largest absolute Gasteiger partial charge is 0.492 e. The van der Waals surface area contributed by atoms with Gasteiger partial charge in [-0.1, -0.05) is 35.9 Å². The van der Waals surface area contributed by atoms with Crippen LogP contribution in [0.15, 0.2) is 53.4 Å². The van der Waals surface area contributed by atoms with E-state index in [4.69, 9.17) is 16.3 Å². The van der Waals surface area contributed by atoms with Crippen LogP contribution in [-0.2, 0) is 16.6 Å². The van der Waals surface area contributed by atoms with E-state index in [2.05, 4.69) is 4.72 Å². The first-order chi connectivity index (χ1) is 15.7. The summed E-state index contributed by atoms with van der Waals surface area (Å²) in [4.78, 5) is 1.98. The van der Waals surface area contributed by atoms with Gasteiger partial charge in [0.2, 0.25) is 10.0 Å². The molecule has 2 aromatic carbocycles. The topological polar surface area (TPSA) is 119 Å². The fraction of sp³-hybridized carbons (Fsp3) is 0.478. The Bertz CT molecular complexity index is 1070. The van der Waals surface area contributed by atoms with Crippen LogP contribution in [0, 0.1) is 5.41 Å². The molecule has 180 valence electrons. The molecule has 1 spiro atoms. The molecule has 0 radical (unpaired) electrons. The molecule has 1 aliphatic heterocycles. The summed E-state index contributed by atoms with van der Waals surface area (Å²) >= 11 is 6.14. The minimum atomic E-state index is -3.91. The van der Waals surface area contributed by atoms with E-state index in [0.29, 0.717) is 31.0 Å². The highest BCUT2D eigenvalue weighted by Gasteiger charge is 2.46. The third kappa shape index (κ3) is 5.86. The van der Waals surface area contributed by atoms with Gasteiger partial charge in [-0.25, -0.2) is 13.1 Å². The van der Waals surface area contributed by atoms with Crippen molar-refractivity contribution in [1.29, 1.82) is 0 Å². The van der Waals surface area contributed by atoms with Gasteiger partial charge < -0.3 is 20.1 Å². The molecule has 1 aliphatic carbocycles. The van der Waals surface area contributed by atoms with Gasteiger partial charge in [-0.2, -0.15) is 0 Å². The lowest BCUT2D eigenvalue weighted by atomic mass is 9.85. The average molecular weight is 497 g/mol. The second-order valence-electron chi connectivity index (χ2n) is 9.08. The first-order valence-electron chi connectivity index (χ1n) is 10.9. The van der Waals surface area contributed by atoms with E-state index in [1.807, 2.05) is 23.1 Å². The number of hydrogen-bond donors (Lipinski definition) is 4. The quantitative estimate of drug-likeness (QED) is 0.496. The number of nitrogens with one attached hydrogen (secondary N) is 1. The first-order valence-corrected chi connectivity index (χ1v) is 12.7. The summed E-state index contributed by atoms with van der Waals surface area (Å²) in [5, 5.41) is 32.0. The number of halogens is 1. The number of nitrogens with zero attached hydrogens (tertiary/aromatic N) is 1. The lowest BCUT2D eigenvalue weighted by Gasteiger charge is -2.37. The van der Waals surface area contributed by atoms with Crippen molar-refractivity contribution in [3.05, 3.63) is 59.1 Å². The molecule has 1 heterocycles. The van der Waals surface area contributed by atoms with Crippen LogP contribution in [0.4, 0.5) is 0 Å². The zero-order valence-electron chi connectivity index (χ0n) is 18.1. The molecule has 4 rings (SSSR count). The van der Waals surface area contributed by atoms with Crippen LogP contribution in [0.2, 0.25) is 5.02 Å². The Balaban J connectivity index is 1.68. The maximum atomic E-state index is 12.9. The monoisotopic (exact) mass is 496 g/mol. The van der Waals surface area contributed by atoms with E-state index >= 15 is 0 Å². The van der Waals surface area contributed by atoms with Crippen molar-refractivity contribution in [2.24, 2.45) is 5.41 Å². The summed E-state index contributed by atoms with van der Waals surface area (Å²) in [6, 6.07) is 13.7. The van der Waals surface area contributed by atoms with Crippen LogP contribution in [0.5, 0.6) is 5.75 Å². The van der Waals surface area contributed by atoms with Gasteiger partial charge in [0.25, 0.3) is 0 Å². The molecule has 0 aromatic heterocycles. The van der Waals surface area contributed by atoms with Crippen LogP contribution < -0.4 is 9.46 Å². The standard InChI is InChI=1S/C23H29ClN2O6S/c24-17-5-3-4-16(8-17)12-26-13-18(27)11-25-33(30,31)22-7-2-1-6-21(22)32-15-23(14-26)9-19(28)20(29)10-23/h1-8,18-20,25,27-29H,9-15H2/t18-,19-,20+,23?/m0/s1. The number of ether oxygens (including phenoxy) is 1. The molecule has 33 heavy (non-hydrogen) atoms. The van der Waals surface area contributed by atoms with E-state index in [1.165, 1.54) is 6.07 Å². The van der Waals surface area contributed by atoms with Gasteiger partial charge in [-0.05, 0) is 42.7 Å². The Kier molecular flexibility index (Phi) is 7.30. The molecule has 1 saturated carbocycles. The fourth-order valence-corrected chi connectivity index (χ4v) is 6.19. The molecule has 4 N–H and O–H groups in total. The minimum absolute atomic E-state index is 0.0113. The lowest BCUT2D eigenvalue weighted by Crippen LogP contribution is -2.46. The van der Waals surface area contributed by atoms with Crippen LogP contribution in [0.25, 0.3) is 0 Å². The molecule has 1 fully saturated rings. The summed E-state index contributed by atoms with van der Waals surface area (Å²) in [5.74, 6) is 0.191. The molecule has 0 bridgehead atoms. The second-order valence-corrected chi connectivity index (χ2v) is 11.3. The van der Waals surface area contributed by atoms with E-state index in [9.17, 15) is 23.7 Å². The van der Waals surface area contributed by atoms with Gasteiger partial charge in [0.05, 0.1) is 24.9 Å². The molecular formula is C23H29ClN2O6S. The maximum absolute atomic E-state index is 12.9. The van der Waals surface area contributed by atoms with Gasteiger partial charge in [-0.15, -0.1) is 0 Å². The van der Waals surface area contributed by atoms with Gasteiger partial charge >= 0.3 is 0 Å². The van der Waals surface area contributed by atoms with Crippen molar-refractivity contribution in [1.82, 2.24) is 9.62 Å². The lowest BCUT2D eigenvalue weighted by molar-refractivity contribution is 0.0427. The highest BCUT2D eigenvalue weighted by molar-refractivity contribution is 7.89. The summed E-state index contributed by atoms with van der Waals surface area (Å²) in [7, 11) is -3.91. The summed E-state index contributed by atoms with van der Waals surface area (Å²) in [6.45, 7) is 1.01. The highest BCUT2D eigenvalue weighted by atomic mass is 35.5. The van der Waals surface area contributed by atoms with E-state index in [-0.39, 0.29) is 30.3 Å². The normalized spacial score (nSPS) is 30.7. The first kappa shape index (κ1) is 24.4. The van der Waals surface area contributed by atoms with Crippen molar-refractivity contribution in [3.63, 3.8) is 0 Å². The number of benzene rings is 2. The molecule has 2 aromatic rings. The van der Waals surface area contributed by atoms with Crippen LogP contribution >= 0.6 is 11.6 Å². The van der Waals surface area contributed by atoms with E-state index in [0.717, 1.165) is 5.56 Å². The second kappa shape index (κ2) is 9.87. The predicted molar refractivity (Wildman–Crippen MR) is 124 cm³/mol. The number of aliphatic hydroxyl groups excluding tert-OH is 3. The van der Waals surface area contributed by atoms with Gasteiger partial charge in [-0.3, -0.25) is 4.90 Å².